The Labute approximate surface area is 76.0 Å². The van der Waals surface area contributed by atoms with Crippen LogP contribution < -0.4 is 0 Å². The Morgan fingerprint density at radius 3 is 2.45 bits per heavy atom. The van der Waals surface area contributed by atoms with Gasteiger partial charge in [-0.15, -0.1) is 11.6 Å². The first kappa shape index (κ1) is 9.53. The Balaban J connectivity index is 2.30. The van der Waals surface area contributed by atoms with Gasteiger partial charge in [0.15, 0.2) is 0 Å². The van der Waals surface area contributed by atoms with E-state index in [1.54, 1.807) is 6.26 Å². The molecule has 1 saturated carbocycles. The summed E-state index contributed by atoms with van der Waals surface area (Å²) in [5.74, 6) is 0.817. The van der Waals surface area contributed by atoms with Gasteiger partial charge in [-0.05, 0) is 31.6 Å². The maximum Gasteiger partial charge on any atom is 0.0364 e. The molecule has 2 atom stereocenters. The molecule has 0 aromatic rings. The van der Waals surface area contributed by atoms with Crippen molar-refractivity contribution in [2.75, 3.05) is 12.0 Å². The van der Waals surface area contributed by atoms with E-state index in [-0.39, 0.29) is 5.38 Å². The third-order valence-corrected chi connectivity index (χ3v) is 3.87. The van der Waals surface area contributed by atoms with Crippen LogP contribution in [0.1, 0.15) is 26.2 Å². The van der Waals surface area contributed by atoms with Gasteiger partial charge < -0.3 is 0 Å². The van der Waals surface area contributed by atoms with Crippen molar-refractivity contribution in [1.29, 1.82) is 0 Å². The molecule has 0 amide bonds. The molecule has 0 N–H and O–H groups in total. The third-order valence-electron chi connectivity index (χ3n) is 2.62. The fraction of sp³-hybridized carbons (Fsp3) is 1.00. The summed E-state index contributed by atoms with van der Waals surface area (Å²) in [6, 6.07) is 0. The van der Waals surface area contributed by atoms with Crippen LogP contribution in [0.25, 0.3) is 0 Å². The van der Waals surface area contributed by atoms with Gasteiger partial charge in [0, 0.05) is 28.2 Å². The van der Waals surface area contributed by atoms with Crippen LogP contribution >= 0.6 is 11.6 Å². The number of hydrogen-bond acceptors (Lipinski definition) is 1. The van der Waals surface area contributed by atoms with E-state index in [0.29, 0.717) is 5.41 Å². The molecule has 1 nitrogen and oxygen atoms in total. The van der Waals surface area contributed by atoms with E-state index in [9.17, 15) is 4.21 Å². The molecule has 1 aliphatic carbocycles. The third kappa shape index (κ3) is 2.45. The molecule has 0 bridgehead atoms. The Morgan fingerprint density at radius 1 is 1.64 bits per heavy atom. The lowest BCUT2D eigenvalue weighted by atomic mass is 10.0. The molecule has 0 heterocycles. The highest BCUT2D eigenvalue weighted by Crippen LogP contribution is 2.53. The number of halogens is 1. The lowest BCUT2D eigenvalue weighted by Gasteiger charge is -2.16. The molecule has 66 valence electrons. The van der Waals surface area contributed by atoms with Gasteiger partial charge in [0.05, 0.1) is 0 Å². The Morgan fingerprint density at radius 2 is 2.18 bits per heavy atom. The van der Waals surface area contributed by atoms with E-state index in [1.807, 2.05) is 6.92 Å². The maximum atomic E-state index is 10.8. The zero-order valence-corrected chi connectivity index (χ0v) is 8.67. The van der Waals surface area contributed by atoms with E-state index in [1.165, 1.54) is 12.8 Å². The Hall–Kier alpha value is 0.440. The van der Waals surface area contributed by atoms with E-state index in [0.717, 1.165) is 12.2 Å². The summed E-state index contributed by atoms with van der Waals surface area (Å²) < 4.78 is 10.8. The first-order chi connectivity index (χ1) is 5.07. The van der Waals surface area contributed by atoms with Crippen molar-refractivity contribution >= 4 is 22.4 Å². The predicted molar refractivity (Wildman–Crippen MR) is 50.5 cm³/mol. The van der Waals surface area contributed by atoms with Gasteiger partial charge in [0.2, 0.25) is 0 Å². The van der Waals surface area contributed by atoms with Gasteiger partial charge in [0.25, 0.3) is 0 Å². The van der Waals surface area contributed by atoms with Crippen molar-refractivity contribution in [2.24, 2.45) is 5.41 Å². The molecule has 2 unspecified atom stereocenters. The quantitative estimate of drug-likeness (QED) is 0.627. The van der Waals surface area contributed by atoms with Crippen molar-refractivity contribution in [2.45, 2.75) is 31.6 Å². The van der Waals surface area contributed by atoms with E-state index >= 15 is 0 Å². The molecule has 1 rings (SSSR count). The molecule has 0 spiro atoms. The highest BCUT2D eigenvalue weighted by Gasteiger charge is 2.45. The lowest BCUT2D eigenvalue weighted by Crippen LogP contribution is -2.15. The standard InChI is InChI=1S/C8H15ClOS/c1-7(9)8(3-4-8)5-6-11(2)10/h7H,3-6H2,1-2H3. The van der Waals surface area contributed by atoms with E-state index in [4.69, 9.17) is 11.6 Å². The molecule has 11 heavy (non-hydrogen) atoms. The largest absolute Gasteiger partial charge is 0.260 e. The first-order valence-electron chi connectivity index (χ1n) is 4.01. The molecular weight excluding hydrogens is 180 g/mol. The average molecular weight is 195 g/mol. The van der Waals surface area contributed by atoms with Gasteiger partial charge in [0.1, 0.15) is 0 Å². The summed E-state index contributed by atoms with van der Waals surface area (Å²) in [5, 5.41) is 0.256. The van der Waals surface area contributed by atoms with Gasteiger partial charge in [-0.1, -0.05) is 0 Å². The highest BCUT2D eigenvalue weighted by atomic mass is 35.5. The van der Waals surface area contributed by atoms with Crippen LogP contribution in [0, 0.1) is 5.41 Å². The topological polar surface area (TPSA) is 17.1 Å². The van der Waals surface area contributed by atoms with Gasteiger partial charge in [-0.3, -0.25) is 4.21 Å². The number of alkyl halides is 1. The molecule has 3 heteroatoms. The maximum absolute atomic E-state index is 10.8. The molecule has 0 aliphatic heterocycles. The monoisotopic (exact) mass is 194 g/mol. The Bertz CT molecular complexity index is 163. The molecule has 1 aliphatic rings. The van der Waals surface area contributed by atoms with Crippen LogP contribution in [0.3, 0.4) is 0 Å². The summed E-state index contributed by atoms with van der Waals surface area (Å²) in [7, 11) is -0.647. The van der Waals surface area contributed by atoms with Gasteiger partial charge in [-0.25, -0.2) is 0 Å². The second-order valence-corrected chi connectivity index (χ2v) is 5.71. The van der Waals surface area contributed by atoms with Crippen molar-refractivity contribution in [3.05, 3.63) is 0 Å². The van der Waals surface area contributed by atoms with Crippen LogP contribution in [0.15, 0.2) is 0 Å². The lowest BCUT2D eigenvalue weighted by molar-refractivity contribution is 0.483. The van der Waals surface area contributed by atoms with Crippen molar-refractivity contribution in [3.8, 4) is 0 Å². The second kappa shape index (κ2) is 3.44. The van der Waals surface area contributed by atoms with Crippen molar-refractivity contribution in [3.63, 3.8) is 0 Å². The Kier molecular flexibility index (Phi) is 2.98. The fourth-order valence-electron chi connectivity index (χ4n) is 1.35. The molecule has 0 radical (unpaired) electrons. The predicted octanol–water partition coefficient (Wildman–Crippen LogP) is 2.16. The zero-order valence-electron chi connectivity index (χ0n) is 7.10. The van der Waals surface area contributed by atoms with E-state index < -0.39 is 10.8 Å². The van der Waals surface area contributed by atoms with Crippen LogP contribution in [0.5, 0.6) is 0 Å². The molecule has 0 aromatic heterocycles. The normalized spacial score (nSPS) is 26.1. The molecule has 0 saturated heterocycles. The zero-order chi connectivity index (χ0) is 8.48. The van der Waals surface area contributed by atoms with Gasteiger partial charge >= 0.3 is 0 Å². The number of hydrogen-bond donors (Lipinski definition) is 0. The van der Waals surface area contributed by atoms with Gasteiger partial charge in [-0.2, -0.15) is 0 Å². The fourth-order valence-corrected chi connectivity index (χ4v) is 2.38. The summed E-state index contributed by atoms with van der Waals surface area (Å²) in [6.45, 7) is 2.05. The van der Waals surface area contributed by atoms with Crippen LogP contribution in [0.2, 0.25) is 0 Å². The molecular formula is C8H15ClOS. The summed E-state index contributed by atoms with van der Waals surface area (Å²) in [4.78, 5) is 0. The average Bonchev–Trinajstić information content (AvgIpc) is 2.63. The SMILES string of the molecule is CC(Cl)C1(CCS(C)=O)CC1. The molecule has 0 aromatic carbocycles. The van der Waals surface area contributed by atoms with Crippen LogP contribution in [-0.2, 0) is 10.8 Å². The highest BCUT2D eigenvalue weighted by molar-refractivity contribution is 7.84. The summed E-state index contributed by atoms with van der Waals surface area (Å²) in [6.07, 6.45) is 5.26. The first-order valence-corrected chi connectivity index (χ1v) is 6.17. The smallest absolute Gasteiger partial charge is 0.0364 e. The summed E-state index contributed by atoms with van der Waals surface area (Å²) >= 11 is 6.02. The van der Waals surface area contributed by atoms with Crippen molar-refractivity contribution in [1.82, 2.24) is 0 Å². The van der Waals surface area contributed by atoms with Crippen molar-refractivity contribution < 1.29 is 4.21 Å². The number of rotatable bonds is 4. The minimum atomic E-state index is -0.647. The van der Waals surface area contributed by atoms with E-state index in [2.05, 4.69) is 0 Å². The minimum Gasteiger partial charge on any atom is -0.260 e. The van der Waals surface area contributed by atoms with Crippen LogP contribution in [0.4, 0.5) is 0 Å². The molecule has 1 fully saturated rings. The minimum absolute atomic E-state index is 0.256. The summed E-state index contributed by atoms with van der Waals surface area (Å²) in [5.41, 5.74) is 0.354. The van der Waals surface area contributed by atoms with Crippen LogP contribution in [-0.4, -0.2) is 21.6 Å². The second-order valence-electron chi connectivity index (χ2n) is 3.51.